The van der Waals surface area contributed by atoms with E-state index in [-0.39, 0.29) is 31.0 Å². The highest BCUT2D eigenvalue weighted by Gasteiger charge is 2.58. The summed E-state index contributed by atoms with van der Waals surface area (Å²) in [6.45, 7) is 0.594. The predicted molar refractivity (Wildman–Crippen MR) is 97.0 cm³/mol. The number of carbonyl (C=O) groups excluding carboxylic acids is 1. The number of alkyl halides is 1. The second-order valence-electron chi connectivity index (χ2n) is 9.07. The molecule has 5 rings (SSSR count). The number of halogens is 1. The summed E-state index contributed by atoms with van der Waals surface area (Å²) in [6, 6.07) is 1.24. The Morgan fingerprint density at radius 2 is 2.00 bits per heavy atom. The van der Waals surface area contributed by atoms with Gasteiger partial charge in [-0.25, -0.2) is 4.39 Å². The van der Waals surface area contributed by atoms with Crippen LogP contribution in [0.4, 0.5) is 4.39 Å². The van der Waals surface area contributed by atoms with Crippen molar-refractivity contribution in [1.29, 1.82) is 5.26 Å². The number of nitrogens with zero attached hydrogens (tertiary/aromatic N) is 2. The Balaban J connectivity index is 1.40. The first-order valence-electron chi connectivity index (χ1n) is 10.3. The molecule has 0 spiro atoms. The summed E-state index contributed by atoms with van der Waals surface area (Å²) in [7, 11) is 0. The normalized spacial score (nSPS) is 39.7. The number of likely N-dealkylation sites (tertiary alicyclic amines) is 1. The molecular formula is C20H28FN3O4. The Morgan fingerprint density at radius 3 is 2.61 bits per heavy atom. The molecule has 7 nitrogen and oxygen atoms in total. The Labute approximate surface area is 164 Å². The quantitative estimate of drug-likeness (QED) is 0.681. The number of amides is 1. The molecule has 4 aliphatic carbocycles. The van der Waals surface area contributed by atoms with Gasteiger partial charge in [-0.15, -0.1) is 0 Å². The van der Waals surface area contributed by atoms with Gasteiger partial charge in [0, 0.05) is 12.0 Å². The fourth-order valence-corrected chi connectivity index (χ4v) is 5.21. The van der Waals surface area contributed by atoms with Crippen LogP contribution in [0.3, 0.4) is 0 Å². The molecule has 1 amide bonds. The summed E-state index contributed by atoms with van der Waals surface area (Å²) >= 11 is 0. The fraction of sp³-hybridized carbons (Fsp3) is 0.850. The van der Waals surface area contributed by atoms with Crippen molar-refractivity contribution in [3.8, 4) is 6.07 Å². The molecule has 5 fully saturated rings. The number of carboxylic acid groups (broad SMARTS) is 1. The molecule has 1 saturated heterocycles. The van der Waals surface area contributed by atoms with Gasteiger partial charge in [0.2, 0.25) is 5.91 Å². The van der Waals surface area contributed by atoms with E-state index in [9.17, 15) is 19.1 Å². The summed E-state index contributed by atoms with van der Waals surface area (Å²) in [5, 5.41) is 22.2. The van der Waals surface area contributed by atoms with Gasteiger partial charge < -0.3 is 20.1 Å². The monoisotopic (exact) mass is 393 g/mol. The lowest BCUT2D eigenvalue weighted by molar-refractivity contribution is -0.175. The van der Waals surface area contributed by atoms with Gasteiger partial charge in [-0.1, -0.05) is 0 Å². The van der Waals surface area contributed by atoms with Crippen LogP contribution >= 0.6 is 0 Å². The van der Waals surface area contributed by atoms with Crippen molar-refractivity contribution in [2.75, 3.05) is 19.7 Å². The number of rotatable bonds is 7. The topological polar surface area (TPSA) is 103 Å². The van der Waals surface area contributed by atoms with E-state index in [1.165, 1.54) is 17.7 Å². The molecule has 0 aromatic rings. The molecule has 28 heavy (non-hydrogen) atoms. The Morgan fingerprint density at radius 1 is 1.29 bits per heavy atom. The lowest BCUT2D eigenvalue weighted by Crippen LogP contribution is -2.66. The zero-order valence-corrected chi connectivity index (χ0v) is 16.0. The summed E-state index contributed by atoms with van der Waals surface area (Å²) in [4.78, 5) is 25.8. The van der Waals surface area contributed by atoms with Crippen LogP contribution in [0.5, 0.6) is 0 Å². The maximum absolute atomic E-state index is 13.6. The van der Waals surface area contributed by atoms with Crippen molar-refractivity contribution in [3.05, 3.63) is 0 Å². The second-order valence-corrected chi connectivity index (χ2v) is 9.07. The number of nitriles is 1. The highest BCUT2D eigenvalue weighted by atomic mass is 19.1. The predicted octanol–water partition coefficient (Wildman–Crippen LogP) is 1.62. The van der Waals surface area contributed by atoms with E-state index >= 15 is 0 Å². The maximum Gasteiger partial charge on any atom is 0.308 e. The van der Waals surface area contributed by atoms with Crippen LogP contribution in [-0.2, 0) is 14.3 Å². The van der Waals surface area contributed by atoms with Gasteiger partial charge in [-0.05, 0) is 50.9 Å². The number of hydrogen-bond acceptors (Lipinski definition) is 5. The highest BCUT2D eigenvalue weighted by molar-refractivity contribution is 5.80. The number of nitrogens with one attached hydrogen (secondary N) is 1. The fourth-order valence-electron chi connectivity index (χ4n) is 5.21. The van der Waals surface area contributed by atoms with Crippen LogP contribution in [0.15, 0.2) is 0 Å². The Hall–Kier alpha value is -1.72. The first kappa shape index (κ1) is 19.6. The molecule has 154 valence electrons. The van der Waals surface area contributed by atoms with Crippen molar-refractivity contribution in [1.82, 2.24) is 10.2 Å². The SMILES string of the molecule is N#C[C@@H]1C[C@H](F)CN1C(=O)CNC12CCC(OCC3CC3)(CC1)CC2C(=O)O. The van der Waals surface area contributed by atoms with Crippen molar-refractivity contribution < 1.29 is 23.8 Å². The molecule has 1 unspecified atom stereocenters. The molecule has 5 aliphatic rings. The number of carboxylic acids is 1. The molecule has 0 aromatic carbocycles. The first-order chi connectivity index (χ1) is 13.4. The third-order valence-corrected chi connectivity index (χ3v) is 7.23. The van der Waals surface area contributed by atoms with E-state index in [0.717, 1.165) is 19.4 Å². The van der Waals surface area contributed by atoms with E-state index < -0.39 is 29.6 Å². The minimum absolute atomic E-state index is 0.0476. The second kappa shape index (κ2) is 7.27. The average molecular weight is 393 g/mol. The molecule has 1 aliphatic heterocycles. The van der Waals surface area contributed by atoms with Crippen LogP contribution in [0.1, 0.15) is 51.4 Å². The minimum Gasteiger partial charge on any atom is -0.481 e. The average Bonchev–Trinajstić information content (AvgIpc) is 3.45. The van der Waals surface area contributed by atoms with Crippen LogP contribution in [0.25, 0.3) is 0 Å². The smallest absolute Gasteiger partial charge is 0.308 e. The van der Waals surface area contributed by atoms with Crippen LogP contribution < -0.4 is 5.32 Å². The Kier molecular flexibility index (Phi) is 5.09. The zero-order chi connectivity index (χ0) is 19.9. The van der Waals surface area contributed by atoms with E-state index in [2.05, 4.69) is 5.32 Å². The molecule has 3 atom stereocenters. The molecule has 2 N–H and O–H groups in total. The van der Waals surface area contributed by atoms with Crippen molar-refractivity contribution in [3.63, 3.8) is 0 Å². The van der Waals surface area contributed by atoms with Crippen molar-refractivity contribution in [2.45, 2.75) is 74.7 Å². The summed E-state index contributed by atoms with van der Waals surface area (Å²) in [6.07, 6.45) is 4.62. The van der Waals surface area contributed by atoms with Crippen molar-refractivity contribution >= 4 is 11.9 Å². The van der Waals surface area contributed by atoms with Gasteiger partial charge >= 0.3 is 5.97 Å². The Bertz CT molecular complexity index is 681. The van der Waals surface area contributed by atoms with Gasteiger partial charge in [-0.2, -0.15) is 5.26 Å². The molecule has 2 bridgehead atoms. The van der Waals surface area contributed by atoms with Gasteiger partial charge in [0.25, 0.3) is 0 Å². The molecule has 0 aromatic heterocycles. The third kappa shape index (κ3) is 3.62. The highest BCUT2D eigenvalue weighted by Crippen LogP contribution is 2.52. The number of aliphatic carboxylic acids is 1. The van der Waals surface area contributed by atoms with Crippen LogP contribution in [0.2, 0.25) is 0 Å². The minimum atomic E-state index is -1.17. The number of ether oxygens (including phenoxy) is 1. The van der Waals surface area contributed by atoms with E-state index in [0.29, 0.717) is 25.2 Å². The summed E-state index contributed by atoms with van der Waals surface area (Å²) < 4.78 is 19.8. The molecule has 8 heteroatoms. The first-order valence-corrected chi connectivity index (χ1v) is 10.3. The van der Waals surface area contributed by atoms with Gasteiger partial charge in [0.05, 0.1) is 37.3 Å². The molecule has 1 heterocycles. The maximum atomic E-state index is 13.6. The van der Waals surface area contributed by atoms with E-state index in [4.69, 9.17) is 10.00 Å². The van der Waals surface area contributed by atoms with Gasteiger partial charge in [-0.3, -0.25) is 9.59 Å². The van der Waals surface area contributed by atoms with Gasteiger partial charge in [0.15, 0.2) is 0 Å². The van der Waals surface area contributed by atoms with Crippen molar-refractivity contribution in [2.24, 2.45) is 11.8 Å². The number of fused-ring (bicyclic) bond motifs is 3. The van der Waals surface area contributed by atoms with Gasteiger partial charge in [0.1, 0.15) is 12.2 Å². The van der Waals surface area contributed by atoms with Crippen LogP contribution in [-0.4, -0.2) is 64.9 Å². The number of hydrogen-bond donors (Lipinski definition) is 2. The third-order valence-electron chi connectivity index (χ3n) is 7.23. The molecule has 4 saturated carbocycles. The molecular weight excluding hydrogens is 365 g/mol. The summed E-state index contributed by atoms with van der Waals surface area (Å²) in [5.74, 6) is -1.17. The summed E-state index contributed by atoms with van der Waals surface area (Å²) in [5.41, 5.74) is -0.982. The number of carbonyl (C=O) groups is 2. The largest absolute Gasteiger partial charge is 0.481 e. The van der Waals surface area contributed by atoms with E-state index in [1.54, 1.807) is 0 Å². The lowest BCUT2D eigenvalue weighted by atomic mass is 9.57. The lowest BCUT2D eigenvalue weighted by Gasteiger charge is -2.56. The molecule has 0 radical (unpaired) electrons. The van der Waals surface area contributed by atoms with Crippen LogP contribution in [0, 0.1) is 23.2 Å². The zero-order valence-electron chi connectivity index (χ0n) is 16.0. The van der Waals surface area contributed by atoms with E-state index in [1.807, 2.05) is 6.07 Å². The standard InChI is InChI=1S/C20H28FN3O4/c21-14-7-15(9-22)24(11-14)17(25)10-23-20-5-3-19(4-6-20,8-16(20)18(26)27)28-12-13-1-2-13/h13-16,23H,1-8,10-12H2,(H,26,27)/t14-,15-,16?,19?,20?/m0/s1.